The Morgan fingerprint density at radius 1 is 1.05 bits per heavy atom. The van der Waals surface area contributed by atoms with Gasteiger partial charge in [-0.2, -0.15) is 0 Å². The van der Waals surface area contributed by atoms with Gasteiger partial charge in [0.25, 0.3) is 0 Å². The molecule has 2 aromatic heterocycles. The highest BCUT2D eigenvalue weighted by molar-refractivity contribution is 6.32. The van der Waals surface area contributed by atoms with E-state index in [1.165, 1.54) is 5.39 Å². The van der Waals surface area contributed by atoms with Crippen molar-refractivity contribution >= 4 is 34.1 Å². The van der Waals surface area contributed by atoms with E-state index in [9.17, 15) is 0 Å². The molecule has 3 rings (SSSR count). The number of halogens is 2. The van der Waals surface area contributed by atoms with Crippen LogP contribution < -0.4 is 0 Å². The lowest BCUT2D eigenvalue weighted by Gasteiger charge is -2.09. The molecular formula is C17H17Cl2N3. The molecule has 2 heterocycles. The minimum atomic E-state index is 0.435. The zero-order chi connectivity index (χ0) is 15.7. The van der Waals surface area contributed by atoms with E-state index in [0.717, 1.165) is 23.2 Å². The third kappa shape index (κ3) is 3.11. The van der Waals surface area contributed by atoms with E-state index >= 15 is 0 Å². The highest BCUT2D eigenvalue weighted by atomic mass is 35.5. The molecule has 0 unspecified atom stereocenters. The number of aromatic nitrogens is 3. The molecule has 0 saturated carbocycles. The fourth-order valence-electron chi connectivity index (χ4n) is 2.55. The molecule has 3 aromatic rings. The maximum Gasteiger partial charge on any atom is 0.151 e. The van der Waals surface area contributed by atoms with Crippen LogP contribution in [0.15, 0.2) is 30.5 Å². The SMILES string of the molecule is CC(C)Cc1nc(Cl)c(Cc2c[nH]c3ccccc23)nc1Cl. The summed E-state index contributed by atoms with van der Waals surface area (Å²) in [4.78, 5) is 12.2. The Morgan fingerprint density at radius 3 is 2.50 bits per heavy atom. The lowest BCUT2D eigenvalue weighted by atomic mass is 10.1. The number of nitrogens with zero attached hydrogens (tertiary/aromatic N) is 2. The fourth-order valence-corrected chi connectivity index (χ4v) is 2.98. The Balaban J connectivity index is 1.94. The zero-order valence-corrected chi connectivity index (χ0v) is 14.0. The summed E-state index contributed by atoms with van der Waals surface area (Å²) in [7, 11) is 0. The largest absolute Gasteiger partial charge is 0.361 e. The van der Waals surface area contributed by atoms with Gasteiger partial charge in [-0.15, -0.1) is 0 Å². The van der Waals surface area contributed by atoms with Crippen molar-refractivity contribution < 1.29 is 0 Å². The Hall–Kier alpha value is -1.58. The first-order valence-corrected chi connectivity index (χ1v) is 8.06. The summed E-state index contributed by atoms with van der Waals surface area (Å²) in [6.07, 6.45) is 3.37. The second kappa shape index (κ2) is 6.27. The second-order valence-electron chi connectivity index (χ2n) is 5.83. The topological polar surface area (TPSA) is 41.6 Å². The molecule has 22 heavy (non-hydrogen) atoms. The molecule has 0 spiro atoms. The third-order valence-electron chi connectivity index (χ3n) is 3.58. The van der Waals surface area contributed by atoms with Crippen LogP contribution in [0.25, 0.3) is 10.9 Å². The van der Waals surface area contributed by atoms with Gasteiger partial charge in [-0.1, -0.05) is 55.2 Å². The van der Waals surface area contributed by atoms with Crippen LogP contribution in [0, 0.1) is 5.92 Å². The Labute approximate surface area is 139 Å². The molecule has 5 heteroatoms. The number of benzene rings is 1. The highest BCUT2D eigenvalue weighted by Crippen LogP contribution is 2.25. The van der Waals surface area contributed by atoms with Gasteiger partial charge in [-0.05, 0) is 24.0 Å². The second-order valence-corrected chi connectivity index (χ2v) is 6.55. The molecule has 0 aliphatic carbocycles. The molecular weight excluding hydrogens is 317 g/mol. The number of aromatic amines is 1. The third-order valence-corrected chi connectivity index (χ3v) is 4.18. The first kappa shape index (κ1) is 15.3. The maximum atomic E-state index is 6.31. The molecule has 3 nitrogen and oxygen atoms in total. The maximum absolute atomic E-state index is 6.31. The monoisotopic (exact) mass is 333 g/mol. The number of H-pyrrole nitrogens is 1. The highest BCUT2D eigenvalue weighted by Gasteiger charge is 2.14. The lowest BCUT2D eigenvalue weighted by molar-refractivity contribution is 0.632. The van der Waals surface area contributed by atoms with Gasteiger partial charge in [-0.25, -0.2) is 9.97 Å². The summed E-state index contributed by atoms with van der Waals surface area (Å²) in [6.45, 7) is 4.23. The normalized spacial score (nSPS) is 11.5. The van der Waals surface area contributed by atoms with Crippen molar-refractivity contribution in [1.29, 1.82) is 0 Å². The van der Waals surface area contributed by atoms with Crippen LogP contribution in [0.1, 0.15) is 30.8 Å². The van der Waals surface area contributed by atoms with Crippen LogP contribution in [0.4, 0.5) is 0 Å². The van der Waals surface area contributed by atoms with Crippen molar-refractivity contribution in [3.63, 3.8) is 0 Å². The number of hydrogen-bond acceptors (Lipinski definition) is 2. The number of fused-ring (bicyclic) bond motifs is 1. The Morgan fingerprint density at radius 2 is 1.73 bits per heavy atom. The van der Waals surface area contributed by atoms with Crippen LogP contribution >= 0.6 is 23.2 Å². The molecule has 0 bridgehead atoms. The minimum absolute atomic E-state index is 0.435. The fraction of sp³-hybridized carbons (Fsp3) is 0.294. The molecule has 0 radical (unpaired) electrons. The summed E-state index contributed by atoms with van der Waals surface area (Å²) in [5, 5.41) is 2.06. The first-order chi connectivity index (χ1) is 10.5. The average Bonchev–Trinajstić information content (AvgIpc) is 2.87. The summed E-state index contributed by atoms with van der Waals surface area (Å²) in [5.74, 6) is 0.460. The van der Waals surface area contributed by atoms with Gasteiger partial charge >= 0.3 is 0 Å². The molecule has 0 fully saturated rings. The molecule has 0 atom stereocenters. The Kier molecular flexibility index (Phi) is 4.37. The van der Waals surface area contributed by atoms with Gasteiger partial charge in [0, 0.05) is 23.5 Å². The van der Waals surface area contributed by atoms with Crippen molar-refractivity contribution in [3.8, 4) is 0 Å². The molecule has 0 aliphatic heterocycles. The van der Waals surface area contributed by atoms with Gasteiger partial charge < -0.3 is 4.98 Å². The summed E-state index contributed by atoms with van der Waals surface area (Å²) < 4.78 is 0. The van der Waals surface area contributed by atoms with E-state index in [1.807, 2.05) is 24.4 Å². The smallest absolute Gasteiger partial charge is 0.151 e. The van der Waals surface area contributed by atoms with E-state index in [2.05, 4.69) is 34.9 Å². The van der Waals surface area contributed by atoms with Crippen LogP contribution in [-0.4, -0.2) is 15.0 Å². The van der Waals surface area contributed by atoms with Crippen LogP contribution in [0.2, 0.25) is 10.3 Å². The van der Waals surface area contributed by atoms with E-state index < -0.39 is 0 Å². The van der Waals surface area contributed by atoms with Crippen molar-refractivity contribution in [3.05, 3.63) is 57.7 Å². The van der Waals surface area contributed by atoms with E-state index in [-0.39, 0.29) is 0 Å². The van der Waals surface area contributed by atoms with Gasteiger partial charge in [0.15, 0.2) is 10.3 Å². The lowest BCUT2D eigenvalue weighted by Crippen LogP contribution is -2.04. The molecule has 0 saturated heterocycles. The standard InChI is InChI=1S/C17H17Cl2N3/c1-10(2)7-14-16(18)22-15(17(19)21-14)8-11-9-20-13-6-4-3-5-12(11)13/h3-6,9-10,20H,7-8H2,1-2H3. The minimum Gasteiger partial charge on any atom is -0.361 e. The molecule has 0 amide bonds. The first-order valence-electron chi connectivity index (χ1n) is 7.30. The van der Waals surface area contributed by atoms with Crippen molar-refractivity contribution in [2.45, 2.75) is 26.7 Å². The van der Waals surface area contributed by atoms with Gasteiger partial charge in [0.2, 0.25) is 0 Å². The summed E-state index contributed by atoms with van der Waals surface area (Å²) >= 11 is 12.6. The van der Waals surface area contributed by atoms with Gasteiger partial charge in [0.05, 0.1) is 11.4 Å². The summed E-state index contributed by atoms with van der Waals surface area (Å²) in [5.41, 5.74) is 3.72. The van der Waals surface area contributed by atoms with Crippen LogP contribution in [0.5, 0.6) is 0 Å². The van der Waals surface area contributed by atoms with E-state index in [4.69, 9.17) is 23.2 Å². The quantitative estimate of drug-likeness (QED) is 0.725. The molecule has 114 valence electrons. The zero-order valence-electron chi connectivity index (χ0n) is 12.5. The van der Waals surface area contributed by atoms with Crippen LogP contribution in [-0.2, 0) is 12.8 Å². The predicted octanol–water partition coefficient (Wildman–Crippen LogP) is 5.05. The average molecular weight is 334 g/mol. The number of para-hydroxylation sites is 1. The number of hydrogen-bond donors (Lipinski definition) is 1. The van der Waals surface area contributed by atoms with Crippen molar-refractivity contribution in [2.75, 3.05) is 0 Å². The van der Waals surface area contributed by atoms with E-state index in [0.29, 0.717) is 28.3 Å². The van der Waals surface area contributed by atoms with Crippen molar-refractivity contribution in [1.82, 2.24) is 15.0 Å². The molecule has 1 N–H and O–H groups in total. The van der Waals surface area contributed by atoms with Gasteiger partial charge in [0.1, 0.15) is 0 Å². The van der Waals surface area contributed by atoms with Crippen molar-refractivity contribution in [2.24, 2.45) is 5.92 Å². The van der Waals surface area contributed by atoms with E-state index in [1.54, 1.807) is 0 Å². The van der Waals surface area contributed by atoms with Crippen LogP contribution in [0.3, 0.4) is 0 Å². The number of rotatable bonds is 4. The molecule has 0 aliphatic rings. The molecule has 1 aromatic carbocycles. The van der Waals surface area contributed by atoms with Gasteiger partial charge in [-0.3, -0.25) is 0 Å². The predicted molar refractivity (Wildman–Crippen MR) is 91.7 cm³/mol. The number of nitrogens with one attached hydrogen (secondary N) is 1. The summed E-state index contributed by atoms with van der Waals surface area (Å²) in [6, 6.07) is 8.15. The Bertz CT molecular complexity index is 809.